The van der Waals surface area contributed by atoms with Crippen molar-refractivity contribution in [2.45, 2.75) is 79.1 Å². The van der Waals surface area contributed by atoms with E-state index in [2.05, 4.69) is 103 Å². The summed E-state index contributed by atoms with van der Waals surface area (Å²) in [6.07, 6.45) is 2.19. The molecule has 0 aliphatic rings. The van der Waals surface area contributed by atoms with E-state index in [1.54, 1.807) is 7.11 Å². The van der Waals surface area contributed by atoms with E-state index >= 15 is 0 Å². The molecule has 3 aromatic rings. The largest absolute Gasteiger partial charge is 0.496 e. The Bertz CT molecular complexity index is 1000. The smallest absolute Gasteiger partial charge is 0.126 e. The molecule has 0 saturated heterocycles. The monoisotopic (exact) mass is 391 g/mol. The van der Waals surface area contributed by atoms with Crippen LogP contribution in [0.15, 0.2) is 36.5 Å². The van der Waals surface area contributed by atoms with Crippen molar-refractivity contribution in [2.24, 2.45) is 0 Å². The number of methoxy groups -OCH3 is 1. The molecule has 0 bridgehead atoms. The molecule has 2 nitrogen and oxygen atoms in total. The second-order valence-electron chi connectivity index (χ2n) is 10.6. The van der Waals surface area contributed by atoms with Crippen molar-refractivity contribution < 1.29 is 4.74 Å². The summed E-state index contributed by atoms with van der Waals surface area (Å²) < 4.78 is 8.35. The van der Waals surface area contributed by atoms with Crippen LogP contribution in [0.5, 0.6) is 5.75 Å². The normalized spacial score (nSPS) is 12.8. The molecule has 0 aliphatic carbocycles. The van der Waals surface area contributed by atoms with E-state index in [9.17, 15) is 0 Å². The Balaban J connectivity index is 2.47. The van der Waals surface area contributed by atoms with Crippen molar-refractivity contribution in [1.29, 1.82) is 0 Å². The molecule has 0 aliphatic heterocycles. The number of hydrogen-bond acceptors (Lipinski definition) is 1. The van der Waals surface area contributed by atoms with Gasteiger partial charge in [0, 0.05) is 34.1 Å². The fourth-order valence-electron chi connectivity index (χ4n) is 4.44. The van der Waals surface area contributed by atoms with E-state index in [1.165, 1.54) is 39.0 Å². The van der Waals surface area contributed by atoms with Gasteiger partial charge in [0.25, 0.3) is 0 Å². The average Bonchev–Trinajstić information content (AvgIpc) is 2.92. The molecular weight excluding hydrogens is 354 g/mol. The highest BCUT2D eigenvalue weighted by molar-refractivity contribution is 5.81. The lowest BCUT2D eigenvalue weighted by molar-refractivity contribution is 0.381. The highest BCUT2D eigenvalue weighted by atomic mass is 16.5. The third-order valence-corrected chi connectivity index (χ3v) is 5.88. The molecule has 29 heavy (non-hydrogen) atoms. The van der Waals surface area contributed by atoms with Gasteiger partial charge in [-0.3, -0.25) is 0 Å². The summed E-state index contributed by atoms with van der Waals surface area (Å²) in [4.78, 5) is 0. The summed E-state index contributed by atoms with van der Waals surface area (Å²) in [6.45, 7) is 20.5. The van der Waals surface area contributed by atoms with Crippen LogP contribution in [0.1, 0.15) is 83.7 Å². The number of nitrogens with zero attached hydrogens (tertiary/aromatic N) is 1. The first kappa shape index (κ1) is 21.5. The van der Waals surface area contributed by atoms with Crippen molar-refractivity contribution in [2.75, 3.05) is 7.11 Å². The van der Waals surface area contributed by atoms with Crippen LogP contribution in [0.25, 0.3) is 16.6 Å². The predicted molar refractivity (Wildman–Crippen MR) is 126 cm³/mol. The van der Waals surface area contributed by atoms with E-state index in [1.807, 2.05) is 0 Å². The first-order chi connectivity index (χ1) is 13.4. The third kappa shape index (κ3) is 3.70. The van der Waals surface area contributed by atoms with Crippen molar-refractivity contribution in [3.05, 3.63) is 58.9 Å². The van der Waals surface area contributed by atoms with E-state index in [-0.39, 0.29) is 10.8 Å². The number of aromatic nitrogens is 1. The van der Waals surface area contributed by atoms with Gasteiger partial charge in [-0.1, -0.05) is 61.5 Å². The van der Waals surface area contributed by atoms with E-state index in [4.69, 9.17) is 4.74 Å². The first-order valence-electron chi connectivity index (χ1n) is 10.7. The summed E-state index contributed by atoms with van der Waals surface area (Å²) in [6, 6.07) is 11.2. The van der Waals surface area contributed by atoms with Crippen molar-refractivity contribution >= 4 is 5.52 Å². The molecule has 0 radical (unpaired) electrons. The second-order valence-corrected chi connectivity index (χ2v) is 10.6. The Morgan fingerprint density at radius 1 is 0.897 bits per heavy atom. The minimum Gasteiger partial charge on any atom is -0.496 e. The van der Waals surface area contributed by atoms with Gasteiger partial charge in [-0.2, -0.15) is 0 Å². The number of pyridine rings is 1. The lowest BCUT2D eigenvalue weighted by Crippen LogP contribution is -2.19. The molecule has 3 rings (SSSR count). The summed E-state index contributed by atoms with van der Waals surface area (Å²) >= 11 is 0. The molecule has 0 fully saturated rings. The second kappa shape index (κ2) is 7.23. The number of hydrogen-bond donors (Lipinski definition) is 0. The molecule has 156 valence electrons. The minimum absolute atomic E-state index is 0.00753. The standard InChI is InChI=1S/C27H37NO/c1-17(2)24-23(18(3)22-13-11-12-14-28(22)24)19-15-20(26(4,5)6)25(29-10)21(16-19)27(7,8)9/h11-17H,1-10H3. The maximum atomic E-state index is 5.98. The minimum atomic E-state index is -0.00753. The van der Waals surface area contributed by atoms with Gasteiger partial charge in [0.1, 0.15) is 5.75 Å². The molecule has 0 unspecified atom stereocenters. The first-order valence-corrected chi connectivity index (χ1v) is 10.7. The lowest BCUT2D eigenvalue weighted by atomic mass is 9.77. The van der Waals surface area contributed by atoms with Crippen LogP contribution in [0.4, 0.5) is 0 Å². The van der Waals surface area contributed by atoms with E-state index in [0.717, 1.165) is 5.75 Å². The van der Waals surface area contributed by atoms with Crippen molar-refractivity contribution in [3.8, 4) is 16.9 Å². The van der Waals surface area contributed by atoms with Crippen LogP contribution in [0.3, 0.4) is 0 Å². The van der Waals surface area contributed by atoms with Crippen LogP contribution >= 0.6 is 0 Å². The number of fused-ring (bicyclic) bond motifs is 1. The molecule has 2 aromatic heterocycles. The Hall–Kier alpha value is -2.22. The number of ether oxygens (including phenoxy) is 1. The third-order valence-electron chi connectivity index (χ3n) is 5.88. The number of rotatable bonds is 3. The summed E-state index contributed by atoms with van der Waals surface area (Å²) in [5, 5.41) is 0. The topological polar surface area (TPSA) is 13.6 Å². The van der Waals surface area contributed by atoms with E-state index < -0.39 is 0 Å². The van der Waals surface area contributed by atoms with Crippen LogP contribution in [0.2, 0.25) is 0 Å². The quantitative estimate of drug-likeness (QED) is 0.447. The van der Waals surface area contributed by atoms with Crippen LogP contribution in [-0.2, 0) is 10.8 Å². The molecule has 2 heteroatoms. The number of benzene rings is 1. The molecular formula is C27H37NO. The Kier molecular flexibility index (Phi) is 5.36. The molecule has 0 saturated carbocycles. The molecule has 1 aromatic carbocycles. The van der Waals surface area contributed by atoms with Gasteiger partial charge in [0.05, 0.1) is 7.11 Å². The van der Waals surface area contributed by atoms with Crippen LogP contribution in [0, 0.1) is 6.92 Å². The SMILES string of the molecule is COc1c(C(C)(C)C)cc(-c2c(C)c3ccccn3c2C(C)C)cc1C(C)(C)C. The lowest BCUT2D eigenvalue weighted by Gasteiger charge is -2.30. The molecule has 0 atom stereocenters. The van der Waals surface area contributed by atoms with Gasteiger partial charge in [0.2, 0.25) is 0 Å². The molecule has 0 spiro atoms. The fourth-order valence-corrected chi connectivity index (χ4v) is 4.44. The maximum absolute atomic E-state index is 5.98. The highest BCUT2D eigenvalue weighted by Crippen LogP contribution is 2.45. The maximum Gasteiger partial charge on any atom is 0.126 e. The predicted octanol–water partition coefficient (Wildman–Crippen LogP) is 7.64. The van der Waals surface area contributed by atoms with Gasteiger partial charge < -0.3 is 9.14 Å². The zero-order valence-electron chi connectivity index (χ0n) is 19.9. The van der Waals surface area contributed by atoms with Crippen LogP contribution < -0.4 is 4.74 Å². The Labute approximate surface area is 176 Å². The zero-order valence-corrected chi connectivity index (χ0v) is 19.9. The Morgan fingerprint density at radius 2 is 1.45 bits per heavy atom. The molecule has 0 N–H and O–H groups in total. The van der Waals surface area contributed by atoms with E-state index in [0.29, 0.717) is 5.92 Å². The van der Waals surface area contributed by atoms with Gasteiger partial charge in [-0.15, -0.1) is 0 Å². The fraction of sp³-hybridized carbons (Fsp3) is 0.481. The summed E-state index contributed by atoms with van der Waals surface area (Å²) in [5.74, 6) is 1.45. The summed E-state index contributed by atoms with van der Waals surface area (Å²) in [7, 11) is 1.80. The molecule has 2 heterocycles. The molecule has 0 amide bonds. The average molecular weight is 392 g/mol. The van der Waals surface area contributed by atoms with Crippen molar-refractivity contribution in [1.82, 2.24) is 4.40 Å². The summed E-state index contributed by atoms with van der Waals surface area (Å²) in [5.41, 5.74) is 9.20. The zero-order chi connectivity index (χ0) is 21.7. The highest BCUT2D eigenvalue weighted by Gasteiger charge is 2.29. The number of aryl methyl sites for hydroxylation is 1. The van der Waals surface area contributed by atoms with Gasteiger partial charge in [-0.25, -0.2) is 0 Å². The Morgan fingerprint density at radius 3 is 1.90 bits per heavy atom. The van der Waals surface area contributed by atoms with Gasteiger partial charge >= 0.3 is 0 Å². The van der Waals surface area contributed by atoms with Gasteiger partial charge in [0.15, 0.2) is 0 Å². The van der Waals surface area contributed by atoms with Crippen molar-refractivity contribution in [3.63, 3.8) is 0 Å². The van der Waals surface area contributed by atoms with Crippen LogP contribution in [-0.4, -0.2) is 11.5 Å². The van der Waals surface area contributed by atoms with Gasteiger partial charge in [-0.05, 0) is 59.1 Å².